The van der Waals surface area contributed by atoms with Gasteiger partial charge < -0.3 is 14.6 Å². The Morgan fingerprint density at radius 3 is 2.42 bits per heavy atom. The lowest BCUT2D eigenvalue weighted by molar-refractivity contribution is 0.139. The number of nitrogens with one attached hydrogen (secondary N) is 1. The Balaban J connectivity index is 2.81. The Bertz CT molecular complexity index is 471. The Morgan fingerprint density at radius 1 is 1.32 bits per heavy atom. The highest BCUT2D eigenvalue weighted by atomic mass is 32.2. The van der Waals surface area contributed by atoms with Crippen molar-refractivity contribution in [3.05, 3.63) is 24.3 Å². The maximum Gasteiger partial charge on any atom is 0.240 e. The van der Waals surface area contributed by atoms with Crippen molar-refractivity contribution in [3.8, 4) is 5.75 Å². The first-order chi connectivity index (χ1) is 9.03. The van der Waals surface area contributed by atoms with E-state index in [1.54, 1.807) is 12.1 Å². The topological polar surface area (TPSA) is 84.9 Å². The quantitative estimate of drug-likeness (QED) is 0.722. The van der Waals surface area contributed by atoms with Gasteiger partial charge in [0.05, 0.1) is 30.8 Å². The Kier molecular flexibility index (Phi) is 6.23. The van der Waals surface area contributed by atoms with Gasteiger partial charge in [0.2, 0.25) is 10.0 Å². The third-order valence-corrected chi connectivity index (χ3v) is 3.89. The fourth-order valence-electron chi connectivity index (χ4n) is 1.49. The molecular weight excluding hydrogens is 270 g/mol. The summed E-state index contributed by atoms with van der Waals surface area (Å²) in [5, 5.41) is 9.05. The number of ether oxygens (including phenoxy) is 2. The van der Waals surface area contributed by atoms with Crippen molar-refractivity contribution >= 4 is 10.0 Å². The summed E-state index contributed by atoms with van der Waals surface area (Å²) in [6, 6.07) is 5.41. The zero-order valence-electron chi connectivity index (χ0n) is 11.0. The second-order valence-electron chi connectivity index (χ2n) is 3.86. The SMILES string of the molecule is CCOc1ccc(S(=O)(=O)NC(CO)COC)cc1. The second kappa shape index (κ2) is 7.44. The lowest BCUT2D eigenvalue weighted by Crippen LogP contribution is -2.40. The van der Waals surface area contributed by atoms with Crippen LogP contribution in [0.25, 0.3) is 0 Å². The number of hydrogen-bond donors (Lipinski definition) is 2. The standard InChI is InChI=1S/C12H19NO5S/c1-3-18-11-4-6-12(7-5-11)19(15,16)13-10(8-14)9-17-2/h4-7,10,13-14H,3,8-9H2,1-2H3. The van der Waals surface area contributed by atoms with Crippen LogP contribution in [0, 0.1) is 0 Å². The molecule has 0 aliphatic heterocycles. The van der Waals surface area contributed by atoms with Gasteiger partial charge >= 0.3 is 0 Å². The van der Waals surface area contributed by atoms with Crippen molar-refractivity contribution in [1.82, 2.24) is 4.72 Å². The van der Waals surface area contributed by atoms with Crippen LogP contribution in [0.1, 0.15) is 6.92 Å². The first-order valence-electron chi connectivity index (χ1n) is 5.88. The minimum absolute atomic E-state index is 0.104. The largest absolute Gasteiger partial charge is 0.494 e. The summed E-state index contributed by atoms with van der Waals surface area (Å²) >= 11 is 0. The molecule has 19 heavy (non-hydrogen) atoms. The number of aliphatic hydroxyl groups excluding tert-OH is 1. The van der Waals surface area contributed by atoms with Crippen molar-refractivity contribution in [1.29, 1.82) is 0 Å². The van der Waals surface area contributed by atoms with Gasteiger partial charge in [-0.15, -0.1) is 0 Å². The van der Waals surface area contributed by atoms with Gasteiger partial charge in [0.1, 0.15) is 5.75 Å². The maximum absolute atomic E-state index is 12.0. The Hall–Kier alpha value is -1.15. The number of benzene rings is 1. The predicted molar refractivity (Wildman–Crippen MR) is 70.7 cm³/mol. The van der Waals surface area contributed by atoms with Gasteiger partial charge in [-0.2, -0.15) is 0 Å². The molecule has 0 radical (unpaired) electrons. The van der Waals surface area contributed by atoms with E-state index in [1.165, 1.54) is 19.2 Å². The van der Waals surface area contributed by atoms with E-state index in [0.29, 0.717) is 12.4 Å². The minimum atomic E-state index is -3.67. The summed E-state index contributed by atoms with van der Waals surface area (Å²) in [6.07, 6.45) is 0. The fourth-order valence-corrected chi connectivity index (χ4v) is 2.71. The molecule has 1 rings (SSSR count). The van der Waals surface area contributed by atoms with Crippen LogP contribution in [0.15, 0.2) is 29.2 Å². The normalized spacial score (nSPS) is 13.2. The summed E-state index contributed by atoms with van der Waals surface area (Å²) < 4.78 is 36.5. The molecule has 1 unspecified atom stereocenters. The number of aliphatic hydroxyl groups is 1. The van der Waals surface area contributed by atoms with Crippen molar-refractivity contribution in [3.63, 3.8) is 0 Å². The van der Waals surface area contributed by atoms with E-state index in [-0.39, 0.29) is 18.1 Å². The van der Waals surface area contributed by atoms with Gasteiger partial charge in [0.15, 0.2) is 0 Å². The lowest BCUT2D eigenvalue weighted by atomic mass is 10.3. The van der Waals surface area contributed by atoms with E-state index >= 15 is 0 Å². The third kappa shape index (κ3) is 4.79. The first kappa shape index (κ1) is 15.9. The van der Waals surface area contributed by atoms with Gasteiger partial charge in [-0.25, -0.2) is 13.1 Å². The number of methoxy groups -OCH3 is 1. The van der Waals surface area contributed by atoms with Gasteiger partial charge in [0, 0.05) is 7.11 Å². The van der Waals surface area contributed by atoms with Crippen LogP contribution >= 0.6 is 0 Å². The molecule has 6 nitrogen and oxygen atoms in total. The summed E-state index contributed by atoms with van der Waals surface area (Å²) in [5.41, 5.74) is 0. The monoisotopic (exact) mass is 289 g/mol. The van der Waals surface area contributed by atoms with E-state index in [2.05, 4.69) is 4.72 Å². The molecule has 0 saturated heterocycles. The molecular formula is C12H19NO5S. The number of hydrogen-bond acceptors (Lipinski definition) is 5. The molecule has 0 spiro atoms. The first-order valence-corrected chi connectivity index (χ1v) is 7.36. The lowest BCUT2D eigenvalue weighted by Gasteiger charge is -2.15. The molecule has 1 aromatic carbocycles. The third-order valence-electron chi connectivity index (χ3n) is 2.36. The summed E-state index contributed by atoms with van der Waals surface area (Å²) in [7, 11) is -2.23. The average molecular weight is 289 g/mol. The van der Waals surface area contributed by atoms with Gasteiger partial charge in [-0.05, 0) is 31.2 Å². The predicted octanol–water partition coefficient (Wildman–Crippen LogP) is 0.371. The van der Waals surface area contributed by atoms with Gasteiger partial charge in [-0.1, -0.05) is 0 Å². The zero-order chi connectivity index (χ0) is 14.3. The van der Waals surface area contributed by atoms with E-state index in [0.717, 1.165) is 0 Å². The minimum Gasteiger partial charge on any atom is -0.494 e. The van der Waals surface area contributed by atoms with E-state index in [4.69, 9.17) is 14.6 Å². The molecule has 108 valence electrons. The molecule has 0 fully saturated rings. The van der Waals surface area contributed by atoms with Crippen LogP contribution in [0.3, 0.4) is 0 Å². The molecule has 0 bridgehead atoms. The van der Waals surface area contributed by atoms with Crippen LogP contribution < -0.4 is 9.46 Å². The number of rotatable bonds is 8. The molecule has 0 amide bonds. The van der Waals surface area contributed by atoms with Crippen LogP contribution in [0.4, 0.5) is 0 Å². The van der Waals surface area contributed by atoms with Crippen LogP contribution in [0.5, 0.6) is 5.75 Å². The molecule has 1 aromatic rings. The van der Waals surface area contributed by atoms with Crippen LogP contribution in [0.2, 0.25) is 0 Å². The van der Waals surface area contributed by atoms with Crippen molar-refractivity contribution in [2.24, 2.45) is 0 Å². The molecule has 0 aliphatic carbocycles. The van der Waals surface area contributed by atoms with Crippen LogP contribution in [-0.2, 0) is 14.8 Å². The smallest absolute Gasteiger partial charge is 0.240 e. The van der Waals surface area contributed by atoms with Gasteiger partial charge in [0.25, 0.3) is 0 Å². The Morgan fingerprint density at radius 2 is 1.95 bits per heavy atom. The molecule has 1 atom stereocenters. The molecule has 0 aromatic heterocycles. The van der Waals surface area contributed by atoms with Crippen LogP contribution in [-0.4, -0.2) is 46.5 Å². The average Bonchev–Trinajstić information content (AvgIpc) is 2.39. The summed E-state index contributed by atoms with van der Waals surface area (Å²) in [4.78, 5) is 0.116. The Labute approximate surface area is 113 Å². The van der Waals surface area contributed by atoms with E-state index < -0.39 is 16.1 Å². The van der Waals surface area contributed by atoms with E-state index in [1.807, 2.05) is 6.92 Å². The molecule has 0 aliphatic rings. The molecule has 0 heterocycles. The molecule has 7 heteroatoms. The molecule has 2 N–H and O–H groups in total. The number of sulfonamides is 1. The second-order valence-corrected chi connectivity index (χ2v) is 5.57. The van der Waals surface area contributed by atoms with Gasteiger partial charge in [-0.3, -0.25) is 0 Å². The summed E-state index contributed by atoms with van der Waals surface area (Å²) in [6.45, 7) is 2.14. The molecule has 0 saturated carbocycles. The highest BCUT2D eigenvalue weighted by molar-refractivity contribution is 7.89. The fraction of sp³-hybridized carbons (Fsp3) is 0.500. The van der Waals surface area contributed by atoms with Crippen molar-refractivity contribution in [2.75, 3.05) is 26.9 Å². The summed E-state index contributed by atoms with van der Waals surface area (Å²) in [5.74, 6) is 0.608. The zero-order valence-corrected chi connectivity index (χ0v) is 11.8. The maximum atomic E-state index is 12.0. The highest BCUT2D eigenvalue weighted by Crippen LogP contribution is 2.16. The van der Waals surface area contributed by atoms with Crippen molar-refractivity contribution in [2.45, 2.75) is 17.9 Å². The highest BCUT2D eigenvalue weighted by Gasteiger charge is 2.19. The van der Waals surface area contributed by atoms with E-state index in [9.17, 15) is 8.42 Å². The van der Waals surface area contributed by atoms with Crippen molar-refractivity contribution < 1.29 is 23.0 Å².